The predicted octanol–water partition coefficient (Wildman–Crippen LogP) is 1.94. The van der Waals surface area contributed by atoms with Gasteiger partial charge in [-0.1, -0.05) is 26.0 Å². The molecule has 1 aromatic rings. The van der Waals surface area contributed by atoms with Crippen LogP contribution in [0.3, 0.4) is 0 Å². The maximum atomic E-state index is 11.7. The molecule has 0 saturated heterocycles. The number of carbonyl (C=O) groups is 1. The molecular weight excluding hydrogens is 268 g/mol. The summed E-state index contributed by atoms with van der Waals surface area (Å²) in [5, 5.41) is 0. The monoisotopic (exact) mass is 286 g/mol. The van der Waals surface area contributed by atoms with E-state index in [1.165, 1.54) is 19.2 Å². The second-order valence-electron chi connectivity index (χ2n) is 4.60. The summed E-state index contributed by atoms with van der Waals surface area (Å²) in [7, 11) is -2.19. The number of esters is 1. The van der Waals surface area contributed by atoms with Gasteiger partial charge < -0.3 is 8.92 Å². The number of hydrogen-bond acceptors (Lipinski definition) is 5. The minimum Gasteiger partial charge on any atom is -0.469 e. The van der Waals surface area contributed by atoms with Crippen molar-refractivity contribution in [3.8, 4) is 5.75 Å². The lowest BCUT2D eigenvalue weighted by molar-refractivity contribution is -0.143. The zero-order valence-electron chi connectivity index (χ0n) is 11.4. The molecule has 0 bridgehead atoms. The molecule has 0 spiro atoms. The molecule has 1 aromatic carbocycles. The van der Waals surface area contributed by atoms with Gasteiger partial charge in [0.05, 0.1) is 19.3 Å². The van der Waals surface area contributed by atoms with Crippen molar-refractivity contribution in [2.45, 2.75) is 19.8 Å². The molecule has 1 unspecified atom stereocenters. The molecule has 0 amide bonds. The van der Waals surface area contributed by atoms with Crippen molar-refractivity contribution < 1.29 is 22.1 Å². The van der Waals surface area contributed by atoms with Crippen LogP contribution in [0.15, 0.2) is 24.3 Å². The van der Waals surface area contributed by atoms with Crippen LogP contribution >= 0.6 is 0 Å². The van der Waals surface area contributed by atoms with Gasteiger partial charge in [0.15, 0.2) is 0 Å². The van der Waals surface area contributed by atoms with Crippen LogP contribution in [-0.2, 0) is 19.6 Å². The lowest BCUT2D eigenvalue weighted by atomic mass is 9.88. The smallest absolute Gasteiger partial charge is 0.313 e. The standard InChI is InChI=1S/C13H18O5S/c1-9(2)12(13(14)17-3)10-5-7-11(8-6-10)18-19(4,15)16/h5-9,12H,1-4H3. The van der Waals surface area contributed by atoms with E-state index >= 15 is 0 Å². The van der Waals surface area contributed by atoms with E-state index in [1.807, 2.05) is 13.8 Å². The van der Waals surface area contributed by atoms with Crippen LogP contribution in [0.25, 0.3) is 0 Å². The number of rotatable bonds is 5. The Morgan fingerprint density at radius 2 is 1.68 bits per heavy atom. The van der Waals surface area contributed by atoms with Crippen LogP contribution in [-0.4, -0.2) is 27.8 Å². The van der Waals surface area contributed by atoms with Gasteiger partial charge in [-0.3, -0.25) is 4.79 Å². The molecule has 0 N–H and O–H groups in total. The summed E-state index contributed by atoms with van der Waals surface area (Å²) in [6.07, 6.45) is 0.978. The van der Waals surface area contributed by atoms with Crippen molar-refractivity contribution >= 4 is 16.1 Å². The molecule has 0 aliphatic rings. The van der Waals surface area contributed by atoms with Gasteiger partial charge in [0.1, 0.15) is 5.75 Å². The average Bonchev–Trinajstić information content (AvgIpc) is 2.29. The van der Waals surface area contributed by atoms with Crippen LogP contribution in [0.2, 0.25) is 0 Å². The van der Waals surface area contributed by atoms with E-state index < -0.39 is 10.1 Å². The third-order valence-corrected chi connectivity index (χ3v) is 3.10. The first-order valence-corrected chi connectivity index (χ1v) is 7.63. The first-order chi connectivity index (χ1) is 8.74. The van der Waals surface area contributed by atoms with Crippen molar-refractivity contribution in [3.63, 3.8) is 0 Å². The third-order valence-electron chi connectivity index (χ3n) is 2.61. The van der Waals surface area contributed by atoms with E-state index in [-0.39, 0.29) is 23.6 Å². The highest BCUT2D eigenvalue weighted by molar-refractivity contribution is 7.86. The van der Waals surface area contributed by atoms with Gasteiger partial charge in [-0.25, -0.2) is 0 Å². The molecule has 0 fully saturated rings. The minimum atomic E-state index is -3.54. The third kappa shape index (κ3) is 4.55. The summed E-state index contributed by atoms with van der Waals surface area (Å²) in [6, 6.07) is 6.38. The van der Waals surface area contributed by atoms with E-state index in [4.69, 9.17) is 8.92 Å². The van der Waals surface area contributed by atoms with Crippen LogP contribution in [0.4, 0.5) is 0 Å². The molecule has 19 heavy (non-hydrogen) atoms. The molecule has 0 saturated carbocycles. The molecule has 0 aromatic heterocycles. The first-order valence-electron chi connectivity index (χ1n) is 5.82. The lowest BCUT2D eigenvalue weighted by Crippen LogP contribution is -2.19. The predicted molar refractivity (Wildman–Crippen MR) is 71.5 cm³/mol. The van der Waals surface area contributed by atoms with E-state index in [0.717, 1.165) is 11.8 Å². The molecule has 1 atom stereocenters. The minimum absolute atomic E-state index is 0.0779. The second-order valence-corrected chi connectivity index (χ2v) is 6.18. The van der Waals surface area contributed by atoms with Crippen molar-refractivity contribution in [3.05, 3.63) is 29.8 Å². The van der Waals surface area contributed by atoms with Crippen molar-refractivity contribution in [2.24, 2.45) is 5.92 Å². The maximum absolute atomic E-state index is 11.7. The van der Waals surface area contributed by atoms with Crippen LogP contribution in [0, 0.1) is 5.92 Å². The van der Waals surface area contributed by atoms with Crippen molar-refractivity contribution in [2.75, 3.05) is 13.4 Å². The fraction of sp³-hybridized carbons (Fsp3) is 0.462. The van der Waals surface area contributed by atoms with Gasteiger partial charge >= 0.3 is 16.1 Å². The van der Waals surface area contributed by atoms with E-state index in [2.05, 4.69) is 0 Å². The Hall–Kier alpha value is -1.56. The SMILES string of the molecule is COC(=O)C(c1ccc(OS(C)(=O)=O)cc1)C(C)C. The van der Waals surface area contributed by atoms with Gasteiger partial charge in [-0.2, -0.15) is 8.42 Å². The maximum Gasteiger partial charge on any atom is 0.313 e. The fourth-order valence-corrected chi connectivity index (χ4v) is 2.29. The van der Waals surface area contributed by atoms with Gasteiger partial charge in [-0.15, -0.1) is 0 Å². The molecule has 0 radical (unpaired) electrons. The number of hydrogen-bond donors (Lipinski definition) is 0. The summed E-state index contributed by atoms with van der Waals surface area (Å²) in [4.78, 5) is 11.7. The molecule has 0 aliphatic heterocycles. The number of benzene rings is 1. The van der Waals surface area contributed by atoms with E-state index in [0.29, 0.717) is 0 Å². The molecule has 6 heteroatoms. The summed E-state index contributed by atoms with van der Waals surface area (Å²) >= 11 is 0. The summed E-state index contributed by atoms with van der Waals surface area (Å²) in [5.41, 5.74) is 0.766. The fourth-order valence-electron chi connectivity index (χ4n) is 1.83. The Morgan fingerprint density at radius 1 is 1.16 bits per heavy atom. The molecule has 0 aliphatic carbocycles. The highest BCUT2D eigenvalue weighted by atomic mass is 32.2. The van der Waals surface area contributed by atoms with E-state index in [9.17, 15) is 13.2 Å². The van der Waals surface area contributed by atoms with Crippen LogP contribution < -0.4 is 4.18 Å². The number of carbonyl (C=O) groups excluding carboxylic acids is 1. The number of methoxy groups -OCH3 is 1. The quantitative estimate of drug-likeness (QED) is 0.611. The zero-order chi connectivity index (χ0) is 14.6. The zero-order valence-corrected chi connectivity index (χ0v) is 12.2. The normalized spacial score (nSPS) is 13.1. The highest BCUT2D eigenvalue weighted by Crippen LogP contribution is 2.27. The molecule has 0 heterocycles. The molecule has 1 rings (SSSR count). The summed E-state index contributed by atoms with van der Waals surface area (Å²) in [5.74, 6) is -0.392. The van der Waals surface area contributed by atoms with Crippen LogP contribution in [0.5, 0.6) is 5.75 Å². The second kappa shape index (κ2) is 6.06. The van der Waals surface area contributed by atoms with Crippen molar-refractivity contribution in [1.29, 1.82) is 0 Å². The Morgan fingerprint density at radius 3 is 2.05 bits per heavy atom. The largest absolute Gasteiger partial charge is 0.469 e. The Bertz CT molecular complexity index is 531. The average molecular weight is 286 g/mol. The van der Waals surface area contributed by atoms with Gasteiger partial charge in [0, 0.05) is 0 Å². The highest BCUT2D eigenvalue weighted by Gasteiger charge is 2.24. The first kappa shape index (κ1) is 15.5. The molecule has 106 valence electrons. The van der Waals surface area contributed by atoms with Gasteiger partial charge in [0.2, 0.25) is 0 Å². The Kier molecular flexibility index (Phi) is 4.94. The van der Waals surface area contributed by atoms with Crippen LogP contribution in [0.1, 0.15) is 25.3 Å². The Labute approximate surface area is 113 Å². The van der Waals surface area contributed by atoms with Crippen molar-refractivity contribution in [1.82, 2.24) is 0 Å². The van der Waals surface area contributed by atoms with Gasteiger partial charge in [-0.05, 0) is 23.6 Å². The van der Waals surface area contributed by atoms with E-state index in [1.54, 1.807) is 12.1 Å². The van der Waals surface area contributed by atoms with Gasteiger partial charge in [0.25, 0.3) is 0 Å². The summed E-state index contributed by atoms with van der Waals surface area (Å²) in [6.45, 7) is 3.84. The molecule has 5 nitrogen and oxygen atoms in total. The summed E-state index contributed by atoms with van der Waals surface area (Å²) < 4.78 is 31.5. The topological polar surface area (TPSA) is 69.7 Å². The lowest BCUT2D eigenvalue weighted by Gasteiger charge is -2.18. The number of ether oxygens (including phenoxy) is 1. The Balaban J connectivity index is 2.99. The molecular formula is C13H18O5S.